The van der Waals surface area contributed by atoms with Gasteiger partial charge in [0.2, 0.25) is 15.9 Å². The summed E-state index contributed by atoms with van der Waals surface area (Å²) in [7, 11) is -3.38. The van der Waals surface area contributed by atoms with E-state index in [1.165, 1.54) is 35.9 Å². The fraction of sp³-hybridized carbons (Fsp3) is 0.294. The molecular formula is C34H36F2N6O6S2. The number of thiazole rings is 1. The fourth-order valence-electron chi connectivity index (χ4n) is 5.69. The normalized spacial score (nSPS) is 13.4. The van der Waals surface area contributed by atoms with Crippen LogP contribution < -0.4 is 5.73 Å². The summed E-state index contributed by atoms with van der Waals surface area (Å²) >= 11 is 1.24. The molecule has 5 rings (SSSR count). The molecule has 264 valence electrons. The Hall–Kier alpha value is -4.61. The molecule has 0 saturated carbocycles. The van der Waals surface area contributed by atoms with Gasteiger partial charge in [-0.15, -0.1) is 11.3 Å². The van der Waals surface area contributed by atoms with E-state index in [1.807, 2.05) is 0 Å². The zero-order chi connectivity index (χ0) is 35.9. The van der Waals surface area contributed by atoms with Crippen LogP contribution in [0.5, 0.6) is 0 Å². The second-order valence-electron chi connectivity index (χ2n) is 11.6. The number of nitrogens with zero attached hydrogens (tertiary/aromatic N) is 4. The molecule has 0 aliphatic carbocycles. The third-order valence-corrected chi connectivity index (χ3v) is 11.0. The third-order valence-electron chi connectivity index (χ3n) is 8.28. The zero-order valence-electron chi connectivity index (χ0n) is 26.9. The number of nitrogens with one attached hydrogen (secondary N) is 1. The van der Waals surface area contributed by atoms with Crippen molar-refractivity contribution in [2.75, 3.05) is 20.3 Å². The van der Waals surface area contributed by atoms with Crippen LogP contribution in [0.25, 0.3) is 10.2 Å². The molecule has 0 unspecified atom stereocenters. The summed E-state index contributed by atoms with van der Waals surface area (Å²) in [5, 5.41) is 16.8. The van der Waals surface area contributed by atoms with Crippen LogP contribution in [0.4, 0.5) is 13.6 Å². The van der Waals surface area contributed by atoms with E-state index in [9.17, 15) is 23.1 Å². The molecule has 2 aromatic heterocycles. The lowest BCUT2D eigenvalue weighted by Crippen LogP contribution is -2.53. The molecule has 0 saturated heterocycles. The molecule has 2 amide bonds. The molecule has 5 aromatic rings. The highest BCUT2D eigenvalue weighted by Crippen LogP contribution is 2.32. The number of aromatic amines is 1. The van der Waals surface area contributed by atoms with Gasteiger partial charge < -0.3 is 15.6 Å². The minimum atomic E-state index is -4.34. The minimum absolute atomic E-state index is 0.106. The topological polar surface area (TPSA) is 172 Å². The van der Waals surface area contributed by atoms with Crippen LogP contribution >= 0.6 is 11.3 Å². The SMILES string of the molecule is COC(=O)N(CC(F)(F)CC[C@@H](CO)N(Cc1cn[nH]c1)S(=O)(=O)c1ccc2ncsc2c1)C(=O)[C@@H](N)C(c1ccccc1)c1ccccc1. The summed E-state index contributed by atoms with van der Waals surface area (Å²) in [6.45, 7) is -2.47. The number of ether oxygens (including phenoxy) is 1. The van der Waals surface area contributed by atoms with E-state index in [2.05, 4.69) is 15.2 Å². The monoisotopic (exact) mass is 726 g/mol. The number of nitrogens with two attached hydrogens (primary N) is 1. The van der Waals surface area contributed by atoms with Crippen LogP contribution in [-0.2, 0) is 26.1 Å². The average molecular weight is 727 g/mol. The summed E-state index contributed by atoms with van der Waals surface area (Å²) in [5.41, 5.74) is 10.3. The molecule has 0 aliphatic heterocycles. The molecule has 16 heteroatoms. The number of carbonyl (C=O) groups excluding carboxylic acids is 2. The van der Waals surface area contributed by atoms with E-state index in [0.29, 0.717) is 26.9 Å². The number of aliphatic hydroxyl groups is 1. The molecule has 3 aromatic carbocycles. The molecule has 4 N–H and O–H groups in total. The number of fused-ring (bicyclic) bond motifs is 1. The van der Waals surface area contributed by atoms with Gasteiger partial charge in [0, 0.05) is 36.7 Å². The summed E-state index contributed by atoms with van der Waals surface area (Å²) in [6, 6.07) is 19.1. The largest absolute Gasteiger partial charge is 0.452 e. The van der Waals surface area contributed by atoms with Gasteiger partial charge in [0.05, 0.1) is 53.1 Å². The van der Waals surface area contributed by atoms with Crippen molar-refractivity contribution in [3.63, 3.8) is 0 Å². The van der Waals surface area contributed by atoms with Gasteiger partial charge in [-0.25, -0.2) is 31.9 Å². The van der Waals surface area contributed by atoms with Crippen molar-refractivity contribution < 1.29 is 36.6 Å². The first-order valence-electron chi connectivity index (χ1n) is 15.5. The van der Waals surface area contributed by atoms with Gasteiger partial charge in [-0.2, -0.15) is 9.40 Å². The Labute approximate surface area is 291 Å². The minimum Gasteiger partial charge on any atom is -0.452 e. The van der Waals surface area contributed by atoms with Crippen molar-refractivity contribution in [1.29, 1.82) is 0 Å². The molecule has 0 bridgehead atoms. The van der Waals surface area contributed by atoms with Crippen LogP contribution in [-0.4, -0.2) is 88.2 Å². The van der Waals surface area contributed by atoms with E-state index in [4.69, 9.17) is 10.5 Å². The maximum absolute atomic E-state index is 15.8. The lowest BCUT2D eigenvalue weighted by atomic mass is 9.85. The lowest BCUT2D eigenvalue weighted by Gasteiger charge is -2.32. The van der Waals surface area contributed by atoms with Crippen molar-refractivity contribution in [1.82, 2.24) is 24.4 Å². The number of H-pyrrole nitrogens is 1. The van der Waals surface area contributed by atoms with Crippen molar-refractivity contribution in [2.45, 2.75) is 48.2 Å². The highest BCUT2D eigenvalue weighted by Gasteiger charge is 2.42. The quantitative estimate of drug-likeness (QED) is 0.138. The van der Waals surface area contributed by atoms with E-state index in [1.54, 1.807) is 72.2 Å². The summed E-state index contributed by atoms with van der Waals surface area (Å²) < 4.78 is 65.9. The van der Waals surface area contributed by atoms with Gasteiger partial charge in [-0.05, 0) is 35.7 Å². The van der Waals surface area contributed by atoms with Gasteiger partial charge in [-0.3, -0.25) is 9.89 Å². The number of halogens is 2. The Morgan fingerprint density at radius 1 is 1.06 bits per heavy atom. The van der Waals surface area contributed by atoms with Crippen LogP contribution in [0.2, 0.25) is 0 Å². The average Bonchev–Trinajstić information content (AvgIpc) is 3.83. The number of hydrogen-bond donors (Lipinski definition) is 3. The summed E-state index contributed by atoms with van der Waals surface area (Å²) in [6.07, 6.45) is -0.0140. The molecular weight excluding hydrogens is 691 g/mol. The summed E-state index contributed by atoms with van der Waals surface area (Å²) in [4.78, 5) is 30.9. The van der Waals surface area contributed by atoms with E-state index in [-0.39, 0.29) is 16.3 Å². The van der Waals surface area contributed by atoms with Gasteiger partial charge in [0.25, 0.3) is 5.92 Å². The number of aliphatic hydroxyl groups excluding tert-OH is 1. The molecule has 0 aliphatic rings. The number of carbonyl (C=O) groups is 2. The van der Waals surface area contributed by atoms with Gasteiger partial charge in [0.1, 0.15) is 0 Å². The number of amides is 2. The molecule has 50 heavy (non-hydrogen) atoms. The Morgan fingerprint density at radius 2 is 1.72 bits per heavy atom. The second-order valence-corrected chi connectivity index (χ2v) is 14.4. The smallest absolute Gasteiger partial charge is 0.416 e. The van der Waals surface area contributed by atoms with Crippen LogP contribution in [0.15, 0.2) is 102 Å². The van der Waals surface area contributed by atoms with Gasteiger partial charge in [-0.1, -0.05) is 60.7 Å². The van der Waals surface area contributed by atoms with Crippen LogP contribution in [0.1, 0.15) is 35.4 Å². The Balaban J connectivity index is 1.38. The maximum Gasteiger partial charge on any atom is 0.416 e. The molecule has 0 spiro atoms. The predicted molar refractivity (Wildman–Crippen MR) is 183 cm³/mol. The van der Waals surface area contributed by atoms with E-state index in [0.717, 1.165) is 11.4 Å². The van der Waals surface area contributed by atoms with Crippen LogP contribution in [0, 0.1) is 0 Å². The van der Waals surface area contributed by atoms with Gasteiger partial charge in [0.15, 0.2) is 0 Å². The Bertz CT molecular complexity index is 1940. The van der Waals surface area contributed by atoms with Crippen molar-refractivity contribution in [2.24, 2.45) is 5.73 Å². The van der Waals surface area contributed by atoms with Gasteiger partial charge >= 0.3 is 6.09 Å². The fourth-order valence-corrected chi connectivity index (χ4v) is 8.15. The van der Waals surface area contributed by atoms with Crippen molar-refractivity contribution >= 4 is 43.6 Å². The number of sulfonamides is 1. The van der Waals surface area contributed by atoms with Crippen LogP contribution in [0.3, 0.4) is 0 Å². The standard InChI is InChI=1S/C34H36F2N6O6S2/c1-48-33(45)41(32(44)31(37)30(24-8-4-2-5-9-24)25-10-6-3-7-11-25)21-34(35,36)15-14-26(20-43)42(19-23-17-39-40-18-23)50(46,47)27-12-13-28-29(16-27)49-22-38-28/h2-13,16-18,22,26,30-31,43H,14-15,19-21,37H2,1H3,(H,39,40)/t26-,31-/m0/s1. The number of hydrogen-bond acceptors (Lipinski definition) is 10. The molecule has 2 atom stereocenters. The maximum atomic E-state index is 15.8. The number of methoxy groups -OCH3 is 1. The molecule has 2 heterocycles. The molecule has 0 fully saturated rings. The highest BCUT2D eigenvalue weighted by atomic mass is 32.2. The lowest BCUT2D eigenvalue weighted by molar-refractivity contribution is -0.136. The predicted octanol–water partition coefficient (Wildman–Crippen LogP) is 4.74. The highest BCUT2D eigenvalue weighted by molar-refractivity contribution is 7.89. The van der Waals surface area contributed by atoms with E-state index < -0.39 is 71.9 Å². The first-order chi connectivity index (χ1) is 23.9. The number of alkyl halides is 2. The molecule has 0 radical (unpaired) electrons. The Kier molecular flexibility index (Phi) is 11.7. The number of rotatable bonds is 15. The molecule has 12 nitrogen and oxygen atoms in total. The number of imide groups is 1. The second kappa shape index (κ2) is 15.9. The third kappa shape index (κ3) is 8.39. The van der Waals surface area contributed by atoms with Crippen molar-refractivity contribution in [3.8, 4) is 0 Å². The number of benzene rings is 3. The first kappa shape index (κ1) is 36.7. The number of aromatic nitrogens is 3. The van der Waals surface area contributed by atoms with Crippen molar-refractivity contribution in [3.05, 3.63) is 113 Å². The van der Waals surface area contributed by atoms with E-state index >= 15 is 8.78 Å². The first-order valence-corrected chi connectivity index (χ1v) is 17.8. The summed E-state index contributed by atoms with van der Waals surface area (Å²) in [5.74, 6) is -5.61. The Morgan fingerprint density at radius 3 is 2.30 bits per heavy atom. The zero-order valence-corrected chi connectivity index (χ0v) is 28.6.